The van der Waals surface area contributed by atoms with Gasteiger partial charge in [-0.25, -0.2) is 0 Å². The quantitative estimate of drug-likeness (QED) is 0.876. The van der Waals surface area contributed by atoms with Crippen molar-refractivity contribution in [2.24, 2.45) is 11.8 Å². The van der Waals surface area contributed by atoms with Crippen molar-refractivity contribution < 1.29 is 0 Å². The molecule has 96 valence electrons. The Morgan fingerprint density at radius 2 is 2.11 bits per heavy atom. The van der Waals surface area contributed by atoms with Gasteiger partial charge in [-0.3, -0.25) is 0 Å². The van der Waals surface area contributed by atoms with E-state index in [0.717, 1.165) is 23.9 Å². The lowest BCUT2D eigenvalue weighted by atomic mass is 9.80. The highest BCUT2D eigenvalue weighted by atomic mass is 32.1. The molecule has 1 N–H and O–H groups in total. The molecule has 2 aromatic rings. The number of hydrogen-bond donors (Lipinski definition) is 1. The molecule has 3 heteroatoms. The second-order valence-corrected chi connectivity index (χ2v) is 6.20. The van der Waals surface area contributed by atoms with Crippen molar-refractivity contribution in [1.82, 2.24) is 4.37 Å². The first kappa shape index (κ1) is 12.0. The average Bonchev–Trinajstić information content (AvgIpc) is 2.81. The van der Waals surface area contributed by atoms with Crippen molar-refractivity contribution in [2.45, 2.75) is 32.6 Å². The summed E-state index contributed by atoms with van der Waals surface area (Å²) in [6.45, 7) is 3.50. The molecular weight excluding hydrogens is 240 g/mol. The first-order chi connectivity index (χ1) is 8.84. The molecule has 2 unspecified atom stereocenters. The van der Waals surface area contributed by atoms with E-state index in [9.17, 15) is 0 Å². The summed E-state index contributed by atoms with van der Waals surface area (Å²) < 4.78 is 4.48. The van der Waals surface area contributed by atoms with E-state index < -0.39 is 0 Å². The van der Waals surface area contributed by atoms with Crippen LogP contribution in [-0.4, -0.2) is 10.9 Å². The van der Waals surface area contributed by atoms with Gasteiger partial charge >= 0.3 is 0 Å². The van der Waals surface area contributed by atoms with Crippen LogP contribution in [0.25, 0.3) is 10.9 Å². The second kappa shape index (κ2) is 5.27. The lowest BCUT2D eigenvalue weighted by molar-refractivity contribution is 0.269. The number of rotatable bonds is 3. The average molecular weight is 260 g/mol. The van der Waals surface area contributed by atoms with Gasteiger partial charge in [0.2, 0.25) is 0 Å². The van der Waals surface area contributed by atoms with Crippen LogP contribution in [0.1, 0.15) is 32.6 Å². The molecule has 1 aromatic carbocycles. The molecule has 0 bridgehead atoms. The summed E-state index contributed by atoms with van der Waals surface area (Å²) in [6, 6.07) is 8.38. The van der Waals surface area contributed by atoms with Gasteiger partial charge in [-0.1, -0.05) is 38.3 Å². The van der Waals surface area contributed by atoms with Crippen LogP contribution in [0.2, 0.25) is 0 Å². The monoisotopic (exact) mass is 260 g/mol. The number of aromatic nitrogens is 1. The van der Waals surface area contributed by atoms with E-state index in [2.05, 4.69) is 40.9 Å². The highest BCUT2D eigenvalue weighted by Gasteiger charge is 2.21. The van der Waals surface area contributed by atoms with Crippen molar-refractivity contribution in [3.8, 4) is 0 Å². The van der Waals surface area contributed by atoms with Crippen molar-refractivity contribution in [1.29, 1.82) is 0 Å². The topological polar surface area (TPSA) is 24.9 Å². The van der Waals surface area contributed by atoms with Gasteiger partial charge in [0.05, 0.1) is 5.52 Å². The summed E-state index contributed by atoms with van der Waals surface area (Å²) in [4.78, 5) is 0. The summed E-state index contributed by atoms with van der Waals surface area (Å²) in [7, 11) is 0. The maximum absolute atomic E-state index is 4.48. The molecule has 1 aliphatic rings. The molecule has 1 aromatic heterocycles. The van der Waals surface area contributed by atoms with Gasteiger partial charge in [-0.15, -0.1) is 0 Å². The fraction of sp³-hybridized carbons (Fsp3) is 0.533. The lowest BCUT2D eigenvalue weighted by Crippen LogP contribution is -2.24. The number of benzene rings is 1. The number of fused-ring (bicyclic) bond motifs is 1. The molecule has 1 fully saturated rings. The second-order valence-electron chi connectivity index (χ2n) is 5.43. The van der Waals surface area contributed by atoms with Crippen LogP contribution >= 0.6 is 11.5 Å². The third kappa shape index (κ3) is 2.37. The van der Waals surface area contributed by atoms with E-state index in [1.54, 1.807) is 11.5 Å². The maximum atomic E-state index is 4.48. The zero-order chi connectivity index (χ0) is 12.4. The molecular formula is C15H20N2S. The van der Waals surface area contributed by atoms with E-state index in [1.807, 2.05) is 0 Å². The van der Waals surface area contributed by atoms with Gasteiger partial charge in [0.25, 0.3) is 0 Å². The Kier molecular flexibility index (Phi) is 3.50. The van der Waals surface area contributed by atoms with Gasteiger partial charge in [-0.05, 0) is 41.9 Å². The van der Waals surface area contributed by atoms with Crippen LogP contribution in [0.4, 0.5) is 5.00 Å². The smallest absolute Gasteiger partial charge is 0.117 e. The summed E-state index contributed by atoms with van der Waals surface area (Å²) in [5.74, 6) is 1.70. The van der Waals surface area contributed by atoms with Crippen LogP contribution in [0.15, 0.2) is 24.3 Å². The van der Waals surface area contributed by atoms with E-state index in [4.69, 9.17) is 0 Å². The van der Waals surface area contributed by atoms with Crippen LogP contribution in [0.3, 0.4) is 0 Å². The molecule has 2 nitrogen and oxygen atoms in total. The molecule has 2 atom stereocenters. The third-order valence-corrected chi connectivity index (χ3v) is 5.03. The first-order valence-corrected chi connectivity index (χ1v) is 7.70. The van der Waals surface area contributed by atoms with Crippen molar-refractivity contribution in [3.63, 3.8) is 0 Å². The van der Waals surface area contributed by atoms with E-state index >= 15 is 0 Å². The molecule has 0 spiro atoms. The predicted molar refractivity (Wildman–Crippen MR) is 79.2 cm³/mol. The minimum absolute atomic E-state index is 0.833. The Morgan fingerprint density at radius 1 is 1.28 bits per heavy atom. The summed E-state index contributed by atoms with van der Waals surface area (Å²) in [5, 5.41) is 6.13. The molecule has 0 saturated heterocycles. The molecule has 3 rings (SSSR count). The molecule has 1 saturated carbocycles. The molecule has 0 amide bonds. The predicted octanol–water partition coefficient (Wildman–Crippen LogP) is 4.53. The van der Waals surface area contributed by atoms with Crippen LogP contribution in [-0.2, 0) is 0 Å². The van der Waals surface area contributed by atoms with E-state index in [1.165, 1.54) is 36.1 Å². The van der Waals surface area contributed by atoms with Crippen LogP contribution in [0, 0.1) is 11.8 Å². The zero-order valence-corrected chi connectivity index (χ0v) is 11.7. The fourth-order valence-electron chi connectivity index (χ4n) is 2.94. The van der Waals surface area contributed by atoms with Crippen molar-refractivity contribution in [3.05, 3.63) is 24.3 Å². The minimum atomic E-state index is 0.833. The Morgan fingerprint density at radius 3 is 3.00 bits per heavy atom. The molecule has 1 heterocycles. The molecule has 18 heavy (non-hydrogen) atoms. The molecule has 1 aliphatic carbocycles. The highest BCUT2D eigenvalue weighted by Crippen LogP contribution is 2.32. The Hall–Kier alpha value is -1.09. The number of hydrogen-bond acceptors (Lipinski definition) is 3. The van der Waals surface area contributed by atoms with Gasteiger partial charge in [0.15, 0.2) is 0 Å². The van der Waals surface area contributed by atoms with Crippen molar-refractivity contribution >= 4 is 27.4 Å². The number of nitrogens with one attached hydrogen (secondary N) is 1. The molecule has 0 aliphatic heterocycles. The Bertz CT molecular complexity index is 520. The fourth-order valence-corrected chi connectivity index (χ4v) is 3.70. The Labute approximate surface area is 113 Å². The first-order valence-electron chi connectivity index (χ1n) is 6.93. The van der Waals surface area contributed by atoms with E-state index in [-0.39, 0.29) is 0 Å². The third-order valence-electron chi connectivity index (χ3n) is 4.20. The lowest BCUT2D eigenvalue weighted by Gasteiger charge is -2.28. The summed E-state index contributed by atoms with van der Waals surface area (Å²) >= 11 is 1.59. The summed E-state index contributed by atoms with van der Waals surface area (Å²) in [6.07, 6.45) is 5.60. The van der Waals surface area contributed by atoms with E-state index in [0.29, 0.717) is 0 Å². The van der Waals surface area contributed by atoms with Gasteiger partial charge in [-0.2, -0.15) is 4.37 Å². The maximum Gasteiger partial charge on any atom is 0.117 e. The largest absolute Gasteiger partial charge is 0.375 e. The van der Waals surface area contributed by atoms with Gasteiger partial charge in [0.1, 0.15) is 5.00 Å². The number of nitrogens with zero attached hydrogens (tertiary/aromatic N) is 1. The standard InChI is InChI=1S/C15H20N2S/c1-11-6-2-3-7-12(11)10-16-15-13-8-4-5-9-14(13)17-18-15/h4-5,8-9,11-12,16H,2-3,6-7,10H2,1H3. The van der Waals surface area contributed by atoms with Crippen molar-refractivity contribution in [2.75, 3.05) is 11.9 Å². The normalized spacial score (nSPS) is 24.3. The SMILES string of the molecule is CC1CCCCC1CNc1snc2ccccc12. The van der Waals surface area contributed by atoms with Gasteiger partial charge in [0, 0.05) is 11.9 Å². The highest BCUT2D eigenvalue weighted by molar-refractivity contribution is 7.11. The number of anilines is 1. The Balaban J connectivity index is 1.69. The molecule has 0 radical (unpaired) electrons. The zero-order valence-electron chi connectivity index (χ0n) is 10.9. The summed E-state index contributed by atoms with van der Waals surface area (Å²) in [5.41, 5.74) is 1.11. The van der Waals surface area contributed by atoms with Crippen LogP contribution in [0.5, 0.6) is 0 Å². The van der Waals surface area contributed by atoms with Gasteiger partial charge < -0.3 is 5.32 Å². The van der Waals surface area contributed by atoms with Crippen LogP contribution < -0.4 is 5.32 Å². The minimum Gasteiger partial charge on any atom is -0.375 e.